The van der Waals surface area contributed by atoms with Gasteiger partial charge in [-0.1, -0.05) is 16.6 Å². The first kappa shape index (κ1) is 11.8. The van der Waals surface area contributed by atoms with Crippen LogP contribution in [0.5, 0.6) is 0 Å². The summed E-state index contributed by atoms with van der Waals surface area (Å²) in [7, 11) is 0. The van der Waals surface area contributed by atoms with Crippen LogP contribution in [0.1, 0.15) is 20.9 Å². The lowest BCUT2D eigenvalue weighted by Gasteiger charge is -2.02. The first-order valence-corrected chi connectivity index (χ1v) is 5.62. The number of nitrogens with zero attached hydrogens (tertiary/aromatic N) is 2. The van der Waals surface area contributed by atoms with E-state index in [9.17, 15) is 13.6 Å². The van der Waals surface area contributed by atoms with Crippen LogP contribution in [0.15, 0.2) is 18.2 Å². The van der Waals surface area contributed by atoms with Crippen LogP contribution in [-0.4, -0.2) is 15.4 Å². The Morgan fingerprint density at radius 1 is 1.41 bits per heavy atom. The van der Waals surface area contributed by atoms with E-state index in [1.165, 1.54) is 12.1 Å². The molecule has 0 amide bonds. The molecule has 6 heteroatoms. The Labute approximate surface area is 100 Å². The average Bonchev–Trinajstić information content (AvgIpc) is 2.71. The predicted molar refractivity (Wildman–Crippen MR) is 59.0 cm³/mol. The third-order valence-electron chi connectivity index (χ3n) is 2.29. The highest BCUT2D eigenvalue weighted by atomic mass is 32.1. The number of hydrogen-bond donors (Lipinski definition) is 0. The number of benzene rings is 1. The van der Waals surface area contributed by atoms with Crippen molar-refractivity contribution in [1.82, 2.24) is 9.59 Å². The van der Waals surface area contributed by atoms with Crippen LogP contribution in [-0.2, 0) is 6.42 Å². The Balaban J connectivity index is 2.25. The van der Waals surface area contributed by atoms with Crippen LogP contribution < -0.4 is 0 Å². The lowest BCUT2D eigenvalue weighted by molar-refractivity contribution is 0.0995. The Morgan fingerprint density at radius 3 is 2.82 bits per heavy atom. The molecule has 0 aliphatic carbocycles. The van der Waals surface area contributed by atoms with Gasteiger partial charge in [0.2, 0.25) is 0 Å². The SMILES string of the molecule is Cc1nnsc1C(=O)Cc1cccc(F)c1F. The van der Waals surface area contributed by atoms with Crippen molar-refractivity contribution in [3.63, 3.8) is 0 Å². The minimum Gasteiger partial charge on any atom is -0.293 e. The van der Waals surface area contributed by atoms with Crippen LogP contribution >= 0.6 is 11.5 Å². The molecule has 2 rings (SSSR count). The maximum atomic E-state index is 13.3. The molecule has 88 valence electrons. The fourth-order valence-electron chi connectivity index (χ4n) is 1.42. The standard InChI is InChI=1S/C11H8F2N2OS/c1-6-11(17-15-14-6)9(16)5-7-3-2-4-8(12)10(7)13/h2-4H,5H2,1H3. The lowest BCUT2D eigenvalue weighted by atomic mass is 10.1. The first-order chi connectivity index (χ1) is 8.09. The second-order valence-corrected chi connectivity index (χ2v) is 4.25. The number of carbonyl (C=O) groups is 1. The fourth-order valence-corrected chi connectivity index (χ4v) is 2.02. The number of ketones is 1. The molecule has 0 radical (unpaired) electrons. The molecule has 0 saturated heterocycles. The third kappa shape index (κ3) is 2.36. The van der Waals surface area contributed by atoms with Gasteiger partial charge in [-0.15, -0.1) is 5.10 Å². The molecule has 0 saturated carbocycles. The molecule has 2 aromatic rings. The topological polar surface area (TPSA) is 42.9 Å². The zero-order valence-electron chi connectivity index (χ0n) is 8.91. The number of halogens is 2. The van der Waals surface area contributed by atoms with Crippen molar-refractivity contribution < 1.29 is 13.6 Å². The van der Waals surface area contributed by atoms with Crippen molar-refractivity contribution in [3.05, 3.63) is 46.0 Å². The second kappa shape index (κ2) is 4.67. The van der Waals surface area contributed by atoms with Gasteiger partial charge in [-0.3, -0.25) is 4.79 Å². The van der Waals surface area contributed by atoms with E-state index in [0.29, 0.717) is 10.6 Å². The summed E-state index contributed by atoms with van der Waals surface area (Å²) < 4.78 is 29.9. The van der Waals surface area contributed by atoms with Gasteiger partial charge < -0.3 is 0 Å². The average molecular weight is 254 g/mol. The van der Waals surface area contributed by atoms with E-state index >= 15 is 0 Å². The molecule has 17 heavy (non-hydrogen) atoms. The van der Waals surface area contributed by atoms with Gasteiger partial charge in [0.1, 0.15) is 4.88 Å². The highest BCUT2D eigenvalue weighted by Crippen LogP contribution is 2.17. The molecular formula is C11H8F2N2OS. The summed E-state index contributed by atoms with van der Waals surface area (Å²) in [6, 6.07) is 3.78. The van der Waals surface area contributed by atoms with E-state index in [1.54, 1.807) is 6.92 Å². The van der Waals surface area contributed by atoms with Gasteiger partial charge in [-0.2, -0.15) is 0 Å². The summed E-state index contributed by atoms with van der Waals surface area (Å²) >= 11 is 0.960. The molecule has 0 fully saturated rings. The first-order valence-electron chi connectivity index (χ1n) is 4.84. The molecule has 1 aromatic heterocycles. The van der Waals surface area contributed by atoms with Gasteiger partial charge >= 0.3 is 0 Å². The number of aromatic nitrogens is 2. The van der Waals surface area contributed by atoms with Crippen molar-refractivity contribution in [3.8, 4) is 0 Å². The molecular weight excluding hydrogens is 246 g/mol. The summed E-state index contributed by atoms with van der Waals surface area (Å²) in [5.41, 5.74) is 0.555. The minimum absolute atomic E-state index is 0.0443. The summed E-state index contributed by atoms with van der Waals surface area (Å²) in [6.07, 6.45) is -0.186. The van der Waals surface area contributed by atoms with Crippen molar-refractivity contribution >= 4 is 17.3 Å². The number of aryl methyl sites for hydroxylation is 1. The Morgan fingerprint density at radius 2 is 2.18 bits per heavy atom. The van der Waals surface area contributed by atoms with E-state index in [4.69, 9.17) is 0 Å². The smallest absolute Gasteiger partial charge is 0.180 e. The zero-order valence-corrected chi connectivity index (χ0v) is 9.72. The van der Waals surface area contributed by atoms with Crippen molar-refractivity contribution in [2.45, 2.75) is 13.3 Å². The van der Waals surface area contributed by atoms with Crippen molar-refractivity contribution in [2.75, 3.05) is 0 Å². The minimum atomic E-state index is -0.976. The largest absolute Gasteiger partial charge is 0.293 e. The van der Waals surface area contributed by atoms with E-state index < -0.39 is 11.6 Å². The second-order valence-electron chi connectivity index (χ2n) is 3.50. The normalized spacial score (nSPS) is 10.5. The highest BCUT2D eigenvalue weighted by molar-refractivity contribution is 7.08. The Kier molecular flexibility index (Phi) is 3.23. The highest BCUT2D eigenvalue weighted by Gasteiger charge is 2.17. The maximum absolute atomic E-state index is 13.3. The monoisotopic (exact) mass is 254 g/mol. The van der Waals surface area contributed by atoms with Gasteiger partial charge in [-0.05, 0) is 30.1 Å². The Hall–Kier alpha value is -1.69. The van der Waals surface area contributed by atoms with Crippen LogP contribution in [0.4, 0.5) is 8.78 Å². The van der Waals surface area contributed by atoms with Crippen molar-refractivity contribution in [2.24, 2.45) is 0 Å². The molecule has 1 heterocycles. The molecule has 0 N–H and O–H groups in total. The number of rotatable bonds is 3. The maximum Gasteiger partial charge on any atom is 0.180 e. The van der Waals surface area contributed by atoms with E-state index in [1.807, 2.05) is 0 Å². The summed E-state index contributed by atoms with van der Waals surface area (Å²) in [4.78, 5) is 12.2. The van der Waals surface area contributed by atoms with Crippen LogP contribution in [0.25, 0.3) is 0 Å². The summed E-state index contributed by atoms with van der Waals surface area (Å²) in [5, 5.41) is 3.70. The predicted octanol–water partition coefficient (Wildman–Crippen LogP) is 2.55. The molecule has 0 bridgehead atoms. The summed E-state index contributed by atoms with van der Waals surface area (Å²) in [6.45, 7) is 1.65. The number of carbonyl (C=O) groups excluding carboxylic acids is 1. The third-order valence-corrected chi connectivity index (χ3v) is 3.16. The molecule has 0 aliphatic rings. The summed E-state index contributed by atoms with van der Waals surface area (Å²) in [5.74, 6) is -2.23. The molecule has 0 aliphatic heterocycles. The lowest BCUT2D eigenvalue weighted by Crippen LogP contribution is -2.06. The molecule has 3 nitrogen and oxygen atoms in total. The van der Waals surface area contributed by atoms with Crippen LogP contribution in [0.2, 0.25) is 0 Å². The molecule has 0 atom stereocenters. The van der Waals surface area contributed by atoms with Gasteiger partial charge in [0.25, 0.3) is 0 Å². The number of hydrogen-bond acceptors (Lipinski definition) is 4. The van der Waals surface area contributed by atoms with Crippen LogP contribution in [0, 0.1) is 18.6 Å². The van der Waals surface area contributed by atoms with Gasteiger partial charge in [0.15, 0.2) is 17.4 Å². The van der Waals surface area contributed by atoms with E-state index in [2.05, 4.69) is 9.59 Å². The van der Waals surface area contributed by atoms with Gasteiger partial charge in [-0.25, -0.2) is 8.78 Å². The van der Waals surface area contributed by atoms with Crippen molar-refractivity contribution in [1.29, 1.82) is 0 Å². The van der Waals surface area contributed by atoms with E-state index in [-0.39, 0.29) is 17.8 Å². The molecule has 0 spiro atoms. The Bertz CT molecular complexity index is 568. The molecule has 1 aromatic carbocycles. The van der Waals surface area contributed by atoms with Gasteiger partial charge in [0, 0.05) is 6.42 Å². The van der Waals surface area contributed by atoms with E-state index in [0.717, 1.165) is 17.6 Å². The fraction of sp³-hybridized carbons (Fsp3) is 0.182. The zero-order chi connectivity index (χ0) is 12.4. The number of Topliss-reactive ketones (excluding diaryl/α,β-unsaturated/α-hetero) is 1. The molecule has 0 unspecified atom stereocenters. The van der Waals surface area contributed by atoms with Gasteiger partial charge in [0.05, 0.1) is 5.69 Å². The van der Waals surface area contributed by atoms with Crippen LogP contribution in [0.3, 0.4) is 0 Å². The quantitative estimate of drug-likeness (QED) is 0.790.